The van der Waals surface area contributed by atoms with Crippen LogP contribution in [0.1, 0.15) is 34.6 Å². The van der Waals surface area contributed by atoms with Crippen molar-refractivity contribution in [1.29, 1.82) is 0 Å². The molecule has 1 heterocycles. The number of nitrogens with zero attached hydrogens (tertiary/aromatic N) is 1. The van der Waals surface area contributed by atoms with Gasteiger partial charge in [0.05, 0.1) is 6.61 Å². The number of carbonyl (C=O) groups is 4. The summed E-state index contributed by atoms with van der Waals surface area (Å²) in [5.74, 6) is -4.02. The number of piperidine rings is 1. The molecule has 0 saturated carbocycles. The third-order valence-electron chi connectivity index (χ3n) is 3.17. The van der Waals surface area contributed by atoms with Gasteiger partial charge >= 0.3 is 12.1 Å². The lowest BCUT2D eigenvalue weighted by atomic mass is 9.86. The molecule has 1 fully saturated rings. The van der Waals surface area contributed by atoms with E-state index in [0.29, 0.717) is 0 Å². The van der Waals surface area contributed by atoms with Gasteiger partial charge in [-0.1, -0.05) is 6.92 Å². The van der Waals surface area contributed by atoms with Gasteiger partial charge in [-0.2, -0.15) is 0 Å². The van der Waals surface area contributed by atoms with Crippen LogP contribution in [0.3, 0.4) is 0 Å². The van der Waals surface area contributed by atoms with Gasteiger partial charge in [-0.15, -0.1) is 0 Å². The minimum Gasteiger partial charge on any atom is -0.460 e. The molecule has 1 rings (SSSR count). The predicted octanol–water partition coefficient (Wildman–Crippen LogP) is 1.19. The summed E-state index contributed by atoms with van der Waals surface area (Å²) in [6, 6.07) is 0. The van der Waals surface area contributed by atoms with Gasteiger partial charge in [0.15, 0.2) is 0 Å². The minimum atomic E-state index is -1.18. The largest absolute Gasteiger partial charge is 0.460 e. The molecule has 1 aliphatic rings. The Morgan fingerprint density at radius 1 is 1.23 bits per heavy atom. The maximum Gasteiger partial charge on any atom is 0.410 e. The summed E-state index contributed by atoms with van der Waals surface area (Å²) in [5.41, 5.74) is -0.678. The number of ketones is 2. The lowest BCUT2D eigenvalue weighted by molar-refractivity contribution is -0.158. The van der Waals surface area contributed by atoms with E-state index in [2.05, 4.69) is 4.74 Å². The second-order valence-corrected chi connectivity index (χ2v) is 6.33. The van der Waals surface area contributed by atoms with Gasteiger partial charge < -0.3 is 14.4 Å². The summed E-state index contributed by atoms with van der Waals surface area (Å²) in [6.07, 6.45) is -0.603. The molecule has 0 aliphatic carbocycles. The molecule has 0 N–H and O–H groups in total. The number of hydrogen-bond acceptors (Lipinski definition) is 6. The molecule has 1 amide bonds. The van der Waals surface area contributed by atoms with E-state index in [1.807, 2.05) is 0 Å². The van der Waals surface area contributed by atoms with Crippen molar-refractivity contribution in [2.24, 2.45) is 11.8 Å². The second-order valence-electron chi connectivity index (χ2n) is 6.33. The van der Waals surface area contributed by atoms with Gasteiger partial charge in [0.2, 0.25) is 0 Å². The minimum absolute atomic E-state index is 0.0524. The first-order chi connectivity index (χ1) is 10.1. The third kappa shape index (κ3) is 4.54. The van der Waals surface area contributed by atoms with Crippen molar-refractivity contribution in [3.8, 4) is 0 Å². The van der Waals surface area contributed by atoms with Crippen molar-refractivity contribution < 1.29 is 28.7 Å². The Morgan fingerprint density at radius 3 is 2.32 bits per heavy atom. The molecule has 1 saturated heterocycles. The first-order valence-electron chi connectivity index (χ1n) is 7.29. The Bertz CT molecular complexity index is 479. The predicted molar refractivity (Wildman–Crippen MR) is 77.1 cm³/mol. The molecule has 0 bridgehead atoms. The Kier molecular flexibility index (Phi) is 5.68. The van der Waals surface area contributed by atoms with Crippen LogP contribution in [0.5, 0.6) is 0 Å². The Labute approximate surface area is 129 Å². The molecule has 2 atom stereocenters. The highest BCUT2D eigenvalue weighted by Gasteiger charge is 2.42. The average molecular weight is 313 g/mol. The molecular formula is C15H23NO6. The summed E-state index contributed by atoms with van der Waals surface area (Å²) in [6.45, 7) is 8.43. The fourth-order valence-electron chi connectivity index (χ4n) is 2.18. The quantitative estimate of drug-likeness (QED) is 0.442. The SMILES string of the molecule is CCOC(=O)C(=O)[C@@H]1CN(C(=O)OC(C)(C)C)C[C@H](C)C1=O. The number of rotatable bonds is 3. The van der Waals surface area contributed by atoms with Crippen LogP contribution in [-0.4, -0.2) is 53.8 Å². The second kappa shape index (κ2) is 6.89. The Hall–Kier alpha value is -1.92. The molecule has 22 heavy (non-hydrogen) atoms. The third-order valence-corrected chi connectivity index (χ3v) is 3.17. The van der Waals surface area contributed by atoms with E-state index in [1.54, 1.807) is 34.6 Å². The first kappa shape index (κ1) is 18.1. The lowest BCUT2D eigenvalue weighted by Gasteiger charge is -2.35. The first-order valence-corrected chi connectivity index (χ1v) is 7.29. The van der Waals surface area contributed by atoms with Crippen LogP contribution in [-0.2, 0) is 23.9 Å². The maximum absolute atomic E-state index is 12.1. The van der Waals surface area contributed by atoms with E-state index >= 15 is 0 Å². The number of esters is 1. The summed E-state index contributed by atoms with van der Waals surface area (Å²) in [5, 5.41) is 0. The molecule has 0 radical (unpaired) electrons. The highest BCUT2D eigenvalue weighted by Crippen LogP contribution is 2.21. The van der Waals surface area contributed by atoms with Crippen LogP contribution in [0, 0.1) is 11.8 Å². The van der Waals surface area contributed by atoms with Crippen LogP contribution < -0.4 is 0 Å². The van der Waals surface area contributed by atoms with E-state index in [1.165, 1.54) is 4.90 Å². The summed E-state index contributed by atoms with van der Waals surface area (Å²) < 4.78 is 9.89. The number of Topliss-reactive ketones (excluding diaryl/α,β-unsaturated/α-hetero) is 2. The average Bonchev–Trinajstić information content (AvgIpc) is 2.39. The molecule has 124 valence electrons. The number of likely N-dealkylation sites (tertiary alicyclic amines) is 1. The zero-order valence-corrected chi connectivity index (χ0v) is 13.7. The fourth-order valence-corrected chi connectivity index (χ4v) is 2.18. The van der Waals surface area contributed by atoms with E-state index < -0.39 is 35.3 Å². The van der Waals surface area contributed by atoms with Crippen LogP contribution in [0.15, 0.2) is 0 Å². The van der Waals surface area contributed by atoms with Gasteiger partial charge in [-0.25, -0.2) is 9.59 Å². The summed E-state index contributed by atoms with van der Waals surface area (Å²) >= 11 is 0. The Morgan fingerprint density at radius 2 is 1.82 bits per heavy atom. The maximum atomic E-state index is 12.1. The van der Waals surface area contributed by atoms with Crippen molar-refractivity contribution in [3.63, 3.8) is 0 Å². The molecule has 7 nitrogen and oxygen atoms in total. The molecule has 1 aliphatic heterocycles. The fraction of sp³-hybridized carbons (Fsp3) is 0.733. The molecule has 0 unspecified atom stereocenters. The van der Waals surface area contributed by atoms with Crippen molar-refractivity contribution in [2.75, 3.05) is 19.7 Å². The lowest BCUT2D eigenvalue weighted by Crippen LogP contribution is -2.53. The van der Waals surface area contributed by atoms with Crippen LogP contribution in [0.4, 0.5) is 4.79 Å². The highest BCUT2D eigenvalue weighted by atomic mass is 16.6. The van der Waals surface area contributed by atoms with Crippen molar-refractivity contribution >= 4 is 23.6 Å². The summed E-state index contributed by atoms with van der Waals surface area (Å²) in [4.78, 5) is 49.1. The van der Waals surface area contributed by atoms with Crippen molar-refractivity contribution in [2.45, 2.75) is 40.2 Å². The van der Waals surface area contributed by atoms with Gasteiger partial charge in [0.25, 0.3) is 5.78 Å². The number of amides is 1. The summed E-state index contributed by atoms with van der Waals surface area (Å²) in [7, 11) is 0. The zero-order chi connectivity index (χ0) is 17.1. The van der Waals surface area contributed by atoms with Crippen molar-refractivity contribution in [3.05, 3.63) is 0 Å². The number of carbonyl (C=O) groups excluding carboxylic acids is 4. The van der Waals surface area contributed by atoms with E-state index in [0.717, 1.165) is 0 Å². The molecule has 0 aromatic carbocycles. The molecule has 7 heteroatoms. The van der Waals surface area contributed by atoms with Crippen LogP contribution >= 0.6 is 0 Å². The number of ether oxygens (including phenoxy) is 2. The van der Waals surface area contributed by atoms with Crippen molar-refractivity contribution in [1.82, 2.24) is 4.90 Å². The van der Waals surface area contributed by atoms with E-state index in [-0.39, 0.29) is 25.5 Å². The van der Waals surface area contributed by atoms with Crippen LogP contribution in [0.2, 0.25) is 0 Å². The normalized spacial score (nSPS) is 22.2. The Balaban J connectivity index is 2.86. The van der Waals surface area contributed by atoms with Gasteiger partial charge in [-0.3, -0.25) is 9.59 Å². The molecular weight excluding hydrogens is 290 g/mol. The van der Waals surface area contributed by atoms with Gasteiger partial charge in [0.1, 0.15) is 17.3 Å². The van der Waals surface area contributed by atoms with Crippen LogP contribution in [0.25, 0.3) is 0 Å². The standard InChI is InChI=1S/C15H23NO6/c1-6-21-13(19)12(18)10-8-16(7-9(2)11(10)17)14(20)22-15(3,4)5/h9-10H,6-8H2,1-5H3/t9-,10+/m0/s1. The van der Waals surface area contributed by atoms with Gasteiger partial charge in [0, 0.05) is 19.0 Å². The smallest absolute Gasteiger partial charge is 0.410 e. The molecule has 0 aromatic rings. The monoisotopic (exact) mass is 313 g/mol. The molecule has 0 spiro atoms. The number of hydrogen-bond donors (Lipinski definition) is 0. The topological polar surface area (TPSA) is 90.0 Å². The molecule has 0 aromatic heterocycles. The van der Waals surface area contributed by atoms with E-state index in [4.69, 9.17) is 4.74 Å². The van der Waals surface area contributed by atoms with Gasteiger partial charge in [-0.05, 0) is 27.7 Å². The zero-order valence-electron chi connectivity index (χ0n) is 13.7. The van der Waals surface area contributed by atoms with E-state index in [9.17, 15) is 19.2 Å². The highest BCUT2D eigenvalue weighted by molar-refractivity contribution is 6.38.